The SMILES string of the molecule is N#CC1(NC2CC2)CCC(N2CCCC(C(F)(F)F)C2)C1. The second-order valence-corrected chi connectivity index (χ2v) is 6.88. The average molecular weight is 301 g/mol. The molecule has 0 amide bonds. The number of rotatable bonds is 3. The van der Waals surface area contributed by atoms with E-state index in [1.165, 1.54) is 0 Å². The number of piperidine rings is 1. The van der Waals surface area contributed by atoms with Gasteiger partial charge in [0.1, 0.15) is 5.54 Å². The molecule has 1 heterocycles. The van der Waals surface area contributed by atoms with E-state index in [1.54, 1.807) is 0 Å². The van der Waals surface area contributed by atoms with Crippen LogP contribution in [-0.4, -0.2) is 41.8 Å². The van der Waals surface area contributed by atoms with Crippen molar-refractivity contribution in [3.8, 4) is 6.07 Å². The third-order valence-electron chi connectivity index (χ3n) is 5.19. The van der Waals surface area contributed by atoms with Crippen LogP contribution in [0.4, 0.5) is 13.2 Å². The highest BCUT2D eigenvalue weighted by molar-refractivity contribution is 5.15. The highest BCUT2D eigenvalue weighted by atomic mass is 19.4. The largest absolute Gasteiger partial charge is 0.393 e. The van der Waals surface area contributed by atoms with Crippen molar-refractivity contribution in [1.29, 1.82) is 5.26 Å². The second kappa shape index (κ2) is 5.44. The van der Waals surface area contributed by atoms with Crippen molar-refractivity contribution in [2.75, 3.05) is 13.1 Å². The number of nitrogens with zero attached hydrogens (tertiary/aromatic N) is 2. The summed E-state index contributed by atoms with van der Waals surface area (Å²) in [5.74, 6) is -1.19. The minimum atomic E-state index is -4.09. The van der Waals surface area contributed by atoms with Crippen LogP contribution in [-0.2, 0) is 0 Å². The van der Waals surface area contributed by atoms with Crippen LogP contribution < -0.4 is 5.32 Å². The molecule has 2 aliphatic carbocycles. The zero-order valence-electron chi connectivity index (χ0n) is 12.1. The quantitative estimate of drug-likeness (QED) is 0.871. The maximum Gasteiger partial charge on any atom is 0.393 e. The van der Waals surface area contributed by atoms with Crippen molar-refractivity contribution in [2.45, 2.75) is 68.7 Å². The molecule has 118 valence electrons. The summed E-state index contributed by atoms with van der Waals surface area (Å²) in [6.45, 7) is 0.848. The Morgan fingerprint density at radius 2 is 1.95 bits per heavy atom. The molecule has 1 saturated heterocycles. The molecule has 1 N–H and O–H groups in total. The molecule has 0 aromatic rings. The lowest BCUT2D eigenvalue weighted by Gasteiger charge is -2.38. The Morgan fingerprint density at radius 3 is 2.57 bits per heavy atom. The van der Waals surface area contributed by atoms with Crippen molar-refractivity contribution in [1.82, 2.24) is 10.2 Å². The standard InChI is InChI=1S/C15H22F3N3/c16-15(17,18)11-2-1-7-21(9-11)13-5-6-14(8-13,10-19)20-12-3-4-12/h11-13,20H,1-9H2. The average Bonchev–Trinajstić information content (AvgIpc) is 3.15. The number of likely N-dealkylation sites (tertiary alicyclic amines) is 1. The van der Waals surface area contributed by atoms with Crippen molar-refractivity contribution in [3.63, 3.8) is 0 Å². The van der Waals surface area contributed by atoms with E-state index in [4.69, 9.17) is 0 Å². The highest BCUT2D eigenvalue weighted by Crippen LogP contribution is 2.39. The Labute approximate surface area is 123 Å². The van der Waals surface area contributed by atoms with Crippen LogP contribution in [0.3, 0.4) is 0 Å². The summed E-state index contributed by atoms with van der Waals surface area (Å²) in [5.41, 5.74) is -0.503. The van der Waals surface area contributed by atoms with Crippen LogP contribution in [0.15, 0.2) is 0 Å². The number of nitriles is 1. The first-order chi connectivity index (χ1) is 9.92. The van der Waals surface area contributed by atoms with Gasteiger partial charge in [0.05, 0.1) is 12.0 Å². The van der Waals surface area contributed by atoms with Gasteiger partial charge in [-0.1, -0.05) is 0 Å². The van der Waals surface area contributed by atoms with E-state index in [-0.39, 0.29) is 19.0 Å². The molecule has 2 saturated carbocycles. The Morgan fingerprint density at radius 1 is 1.19 bits per heavy atom. The molecular weight excluding hydrogens is 279 g/mol. The first kappa shape index (κ1) is 15.1. The van der Waals surface area contributed by atoms with Crippen LogP contribution in [0, 0.1) is 17.2 Å². The van der Waals surface area contributed by atoms with Crippen LogP contribution in [0.1, 0.15) is 44.9 Å². The predicted molar refractivity (Wildman–Crippen MR) is 72.5 cm³/mol. The summed E-state index contributed by atoms with van der Waals surface area (Å²) in [5, 5.41) is 12.9. The second-order valence-electron chi connectivity index (χ2n) is 6.88. The lowest BCUT2D eigenvalue weighted by molar-refractivity contribution is -0.188. The molecular formula is C15H22F3N3. The Hall–Kier alpha value is -0.800. The number of hydrogen-bond acceptors (Lipinski definition) is 3. The summed E-state index contributed by atoms with van der Waals surface area (Å²) in [6.07, 6.45) is 1.27. The Kier molecular flexibility index (Phi) is 3.91. The molecule has 21 heavy (non-hydrogen) atoms. The third kappa shape index (κ3) is 3.35. The van der Waals surface area contributed by atoms with Gasteiger partial charge in [-0.15, -0.1) is 0 Å². The lowest BCUT2D eigenvalue weighted by Crippen LogP contribution is -2.48. The van der Waals surface area contributed by atoms with Crippen LogP contribution in [0.2, 0.25) is 0 Å². The van der Waals surface area contributed by atoms with Gasteiger partial charge in [0.2, 0.25) is 0 Å². The first-order valence-corrected chi connectivity index (χ1v) is 7.92. The van der Waals surface area contributed by atoms with E-state index >= 15 is 0 Å². The third-order valence-corrected chi connectivity index (χ3v) is 5.19. The van der Waals surface area contributed by atoms with Crippen LogP contribution in [0.5, 0.6) is 0 Å². The minimum absolute atomic E-state index is 0.110. The van der Waals surface area contributed by atoms with E-state index in [0.717, 1.165) is 32.2 Å². The van der Waals surface area contributed by atoms with Gasteiger partial charge in [0.15, 0.2) is 0 Å². The molecule has 1 aliphatic heterocycles. The summed E-state index contributed by atoms with van der Waals surface area (Å²) in [7, 11) is 0. The lowest BCUT2D eigenvalue weighted by atomic mass is 9.94. The van der Waals surface area contributed by atoms with Crippen molar-refractivity contribution in [2.24, 2.45) is 5.92 Å². The molecule has 0 spiro atoms. The fourth-order valence-corrected chi connectivity index (χ4v) is 3.82. The van der Waals surface area contributed by atoms with Gasteiger partial charge < -0.3 is 0 Å². The topological polar surface area (TPSA) is 39.1 Å². The fourth-order valence-electron chi connectivity index (χ4n) is 3.82. The molecule has 0 aromatic heterocycles. The van der Waals surface area contributed by atoms with Crippen LogP contribution in [0.25, 0.3) is 0 Å². The van der Waals surface area contributed by atoms with Crippen molar-refractivity contribution < 1.29 is 13.2 Å². The van der Waals surface area contributed by atoms with Gasteiger partial charge in [-0.2, -0.15) is 18.4 Å². The molecule has 3 unspecified atom stereocenters. The van der Waals surface area contributed by atoms with Crippen molar-refractivity contribution in [3.05, 3.63) is 0 Å². The smallest absolute Gasteiger partial charge is 0.300 e. The van der Waals surface area contributed by atoms with E-state index in [1.807, 2.05) is 4.90 Å². The maximum atomic E-state index is 12.9. The van der Waals surface area contributed by atoms with Gasteiger partial charge in [0, 0.05) is 18.6 Å². The molecule has 6 heteroatoms. The van der Waals surface area contributed by atoms with E-state index in [9.17, 15) is 18.4 Å². The number of alkyl halides is 3. The molecule has 0 radical (unpaired) electrons. The number of hydrogen-bond donors (Lipinski definition) is 1. The monoisotopic (exact) mass is 301 g/mol. The summed E-state index contributed by atoms with van der Waals surface area (Å²) < 4.78 is 38.7. The Bertz CT molecular complexity index is 427. The molecule has 0 aromatic carbocycles. The molecule has 3 nitrogen and oxygen atoms in total. The molecule has 3 rings (SSSR count). The van der Waals surface area contributed by atoms with Gasteiger partial charge >= 0.3 is 6.18 Å². The summed E-state index contributed by atoms with van der Waals surface area (Å²) >= 11 is 0. The molecule has 3 atom stereocenters. The maximum absolute atomic E-state index is 12.9. The zero-order valence-corrected chi connectivity index (χ0v) is 12.1. The van der Waals surface area contributed by atoms with Gasteiger partial charge in [0.25, 0.3) is 0 Å². The predicted octanol–water partition coefficient (Wildman–Crippen LogP) is 2.83. The molecule has 0 bridgehead atoms. The normalized spacial score (nSPS) is 38.4. The molecule has 3 aliphatic rings. The summed E-state index contributed by atoms with van der Waals surface area (Å²) in [4.78, 5) is 1.98. The van der Waals surface area contributed by atoms with Crippen molar-refractivity contribution >= 4 is 0 Å². The van der Waals surface area contributed by atoms with Gasteiger partial charge in [-0.25, -0.2) is 0 Å². The fraction of sp³-hybridized carbons (Fsp3) is 0.933. The minimum Gasteiger partial charge on any atom is -0.300 e. The van der Waals surface area contributed by atoms with Gasteiger partial charge in [-0.3, -0.25) is 10.2 Å². The highest BCUT2D eigenvalue weighted by Gasteiger charge is 2.47. The van der Waals surface area contributed by atoms with Gasteiger partial charge in [-0.05, 0) is 51.5 Å². The number of nitrogens with one attached hydrogen (secondary N) is 1. The Balaban J connectivity index is 1.61. The van der Waals surface area contributed by atoms with E-state index < -0.39 is 17.6 Å². The number of halogens is 3. The molecule has 3 fully saturated rings. The first-order valence-electron chi connectivity index (χ1n) is 7.92. The van der Waals surface area contributed by atoms with Crippen LogP contribution >= 0.6 is 0 Å². The van der Waals surface area contributed by atoms with E-state index in [0.29, 0.717) is 18.9 Å². The summed E-state index contributed by atoms with van der Waals surface area (Å²) in [6, 6.07) is 2.98. The van der Waals surface area contributed by atoms with E-state index in [2.05, 4.69) is 11.4 Å². The zero-order chi connectivity index (χ0) is 15.1.